The second-order valence-electron chi connectivity index (χ2n) is 5.34. The van der Waals surface area contributed by atoms with E-state index in [-0.39, 0.29) is 4.90 Å². The van der Waals surface area contributed by atoms with Crippen LogP contribution in [0.1, 0.15) is 0 Å². The van der Waals surface area contributed by atoms with Crippen molar-refractivity contribution in [3.8, 4) is 11.4 Å². The number of aromatic nitrogens is 2. The molecule has 0 amide bonds. The van der Waals surface area contributed by atoms with Gasteiger partial charge in [0.1, 0.15) is 5.75 Å². The number of imidazole rings is 1. The van der Waals surface area contributed by atoms with Crippen LogP contribution in [0.4, 0.5) is 0 Å². The number of rotatable bonds is 8. The fraction of sp³-hybridized carbons (Fsp3) is 0.167. The van der Waals surface area contributed by atoms with E-state index in [1.807, 2.05) is 35.0 Å². The highest BCUT2D eigenvalue weighted by molar-refractivity contribution is 7.99. The van der Waals surface area contributed by atoms with Gasteiger partial charge in [-0.1, -0.05) is 30.0 Å². The highest BCUT2D eigenvalue weighted by Gasteiger charge is 2.13. The number of methoxy groups -OCH3 is 1. The SMILES string of the molecule is COc1ccc(-n2ccnc2SCCNS(=O)(=O)c2ccccc2)cc1. The molecule has 0 saturated carbocycles. The van der Waals surface area contributed by atoms with Gasteiger partial charge in [-0.15, -0.1) is 0 Å². The second-order valence-corrected chi connectivity index (χ2v) is 8.17. The first kappa shape index (κ1) is 18.5. The molecule has 1 N–H and O–H groups in total. The summed E-state index contributed by atoms with van der Waals surface area (Å²) in [6, 6.07) is 16.0. The monoisotopic (exact) mass is 389 g/mol. The van der Waals surface area contributed by atoms with Gasteiger partial charge in [0, 0.05) is 30.4 Å². The number of hydrogen-bond donors (Lipinski definition) is 1. The molecule has 136 valence electrons. The zero-order chi connectivity index (χ0) is 18.4. The van der Waals surface area contributed by atoms with E-state index in [4.69, 9.17) is 4.74 Å². The van der Waals surface area contributed by atoms with Crippen LogP contribution in [0.25, 0.3) is 5.69 Å². The standard InChI is InChI=1S/C18H19N3O3S2/c1-24-16-9-7-15(8-10-16)21-13-11-19-18(21)25-14-12-20-26(22,23)17-5-3-2-4-6-17/h2-11,13,20H,12,14H2,1H3. The van der Waals surface area contributed by atoms with Gasteiger partial charge in [0.05, 0.1) is 12.0 Å². The molecule has 1 heterocycles. The summed E-state index contributed by atoms with van der Waals surface area (Å²) in [5.41, 5.74) is 0.968. The molecule has 0 atom stereocenters. The lowest BCUT2D eigenvalue weighted by Gasteiger charge is -2.09. The lowest BCUT2D eigenvalue weighted by atomic mass is 10.3. The number of hydrogen-bond acceptors (Lipinski definition) is 5. The van der Waals surface area contributed by atoms with Crippen LogP contribution in [0.3, 0.4) is 0 Å². The molecule has 0 fully saturated rings. The third-order valence-electron chi connectivity index (χ3n) is 3.64. The van der Waals surface area contributed by atoms with Crippen molar-refractivity contribution in [2.24, 2.45) is 0 Å². The summed E-state index contributed by atoms with van der Waals surface area (Å²) in [5, 5.41) is 0.800. The summed E-state index contributed by atoms with van der Waals surface area (Å²) < 4.78 is 34.1. The van der Waals surface area contributed by atoms with E-state index in [0.29, 0.717) is 12.3 Å². The van der Waals surface area contributed by atoms with Crippen molar-refractivity contribution in [1.82, 2.24) is 14.3 Å². The molecule has 3 aromatic rings. The van der Waals surface area contributed by atoms with Crippen molar-refractivity contribution in [3.05, 3.63) is 67.0 Å². The number of benzene rings is 2. The molecule has 0 radical (unpaired) electrons. The zero-order valence-corrected chi connectivity index (χ0v) is 15.8. The fourth-order valence-corrected chi connectivity index (χ4v) is 4.35. The highest BCUT2D eigenvalue weighted by atomic mass is 32.2. The Morgan fingerprint density at radius 1 is 1.12 bits per heavy atom. The Kier molecular flexibility index (Phi) is 5.97. The van der Waals surface area contributed by atoms with Gasteiger partial charge in [-0.3, -0.25) is 4.57 Å². The fourth-order valence-electron chi connectivity index (χ4n) is 2.34. The van der Waals surface area contributed by atoms with Gasteiger partial charge in [-0.25, -0.2) is 18.1 Å². The summed E-state index contributed by atoms with van der Waals surface area (Å²) in [6.45, 7) is 0.317. The Morgan fingerprint density at radius 3 is 2.54 bits per heavy atom. The lowest BCUT2D eigenvalue weighted by molar-refractivity contribution is 0.414. The van der Waals surface area contributed by atoms with Gasteiger partial charge < -0.3 is 4.74 Å². The summed E-state index contributed by atoms with van der Waals surface area (Å²) in [7, 11) is -1.85. The van der Waals surface area contributed by atoms with E-state index >= 15 is 0 Å². The van der Waals surface area contributed by atoms with E-state index in [0.717, 1.165) is 16.6 Å². The molecule has 0 aliphatic heterocycles. The van der Waals surface area contributed by atoms with Crippen molar-refractivity contribution in [2.45, 2.75) is 10.1 Å². The number of thioether (sulfide) groups is 1. The van der Waals surface area contributed by atoms with Crippen LogP contribution in [0.5, 0.6) is 5.75 Å². The van der Waals surface area contributed by atoms with Crippen LogP contribution in [0.2, 0.25) is 0 Å². The quantitative estimate of drug-likeness (QED) is 0.474. The molecular weight excluding hydrogens is 370 g/mol. The van der Waals surface area contributed by atoms with Crippen LogP contribution in [0, 0.1) is 0 Å². The Hall–Kier alpha value is -2.29. The molecular formula is C18H19N3O3S2. The average molecular weight is 390 g/mol. The number of nitrogens with one attached hydrogen (secondary N) is 1. The van der Waals surface area contributed by atoms with Crippen molar-refractivity contribution in [3.63, 3.8) is 0 Å². The second kappa shape index (κ2) is 8.39. The molecule has 0 aliphatic rings. The normalized spacial score (nSPS) is 11.4. The third kappa shape index (κ3) is 4.46. The predicted octanol–water partition coefficient (Wildman–Crippen LogP) is 2.95. The van der Waals surface area contributed by atoms with Crippen molar-refractivity contribution in [1.29, 1.82) is 0 Å². The molecule has 8 heteroatoms. The van der Waals surface area contributed by atoms with E-state index < -0.39 is 10.0 Å². The first-order chi connectivity index (χ1) is 12.6. The van der Waals surface area contributed by atoms with Gasteiger partial charge in [-0.05, 0) is 36.4 Å². The zero-order valence-electron chi connectivity index (χ0n) is 14.2. The summed E-state index contributed by atoms with van der Waals surface area (Å²) >= 11 is 1.49. The molecule has 1 aromatic heterocycles. The maximum Gasteiger partial charge on any atom is 0.240 e. The summed E-state index contributed by atoms with van der Waals surface area (Å²) in [6.07, 6.45) is 3.60. The first-order valence-corrected chi connectivity index (χ1v) is 10.4. The molecule has 0 spiro atoms. The first-order valence-electron chi connectivity index (χ1n) is 7.95. The summed E-state index contributed by atoms with van der Waals surface area (Å²) in [5.74, 6) is 1.36. The van der Waals surface area contributed by atoms with Crippen molar-refractivity contribution >= 4 is 21.8 Å². The average Bonchev–Trinajstić information content (AvgIpc) is 3.14. The van der Waals surface area contributed by atoms with Gasteiger partial charge in [0.25, 0.3) is 0 Å². The molecule has 2 aromatic carbocycles. The summed E-state index contributed by atoms with van der Waals surface area (Å²) in [4.78, 5) is 4.61. The molecule has 6 nitrogen and oxygen atoms in total. The molecule has 26 heavy (non-hydrogen) atoms. The Balaban J connectivity index is 1.58. The predicted molar refractivity (Wildman–Crippen MR) is 102 cm³/mol. The topological polar surface area (TPSA) is 73.2 Å². The molecule has 3 rings (SSSR count). The minimum Gasteiger partial charge on any atom is -0.497 e. The van der Waals surface area contributed by atoms with Gasteiger partial charge in [0.15, 0.2) is 5.16 Å². The van der Waals surface area contributed by atoms with Gasteiger partial charge in [-0.2, -0.15) is 0 Å². The van der Waals surface area contributed by atoms with Crippen LogP contribution in [-0.2, 0) is 10.0 Å². The van der Waals surface area contributed by atoms with E-state index in [9.17, 15) is 8.42 Å². The smallest absolute Gasteiger partial charge is 0.240 e. The van der Waals surface area contributed by atoms with Gasteiger partial charge in [0.2, 0.25) is 10.0 Å². The maximum atomic E-state index is 12.2. The maximum absolute atomic E-state index is 12.2. The minimum atomic E-state index is -3.48. The van der Waals surface area contributed by atoms with Crippen molar-refractivity contribution < 1.29 is 13.2 Å². The lowest BCUT2D eigenvalue weighted by Crippen LogP contribution is -2.26. The Morgan fingerprint density at radius 2 is 1.85 bits per heavy atom. The molecule has 0 saturated heterocycles. The van der Waals surface area contributed by atoms with Crippen LogP contribution < -0.4 is 9.46 Å². The largest absolute Gasteiger partial charge is 0.497 e. The van der Waals surface area contributed by atoms with Crippen molar-refractivity contribution in [2.75, 3.05) is 19.4 Å². The van der Waals surface area contributed by atoms with Crippen LogP contribution >= 0.6 is 11.8 Å². The van der Waals surface area contributed by atoms with E-state index in [2.05, 4.69) is 9.71 Å². The molecule has 0 bridgehead atoms. The number of sulfonamides is 1. The highest BCUT2D eigenvalue weighted by Crippen LogP contribution is 2.22. The Labute approximate surface area is 157 Å². The third-order valence-corrected chi connectivity index (χ3v) is 6.08. The van der Waals surface area contributed by atoms with Crippen LogP contribution in [-0.4, -0.2) is 37.4 Å². The van der Waals surface area contributed by atoms with Gasteiger partial charge >= 0.3 is 0 Å². The molecule has 0 unspecified atom stereocenters. The van der Waals surface area contributed by atoms with Crippen LogP contribution in [0.15, 0.2) is 77.0 Å². The Bertz CT molecular complexity index is 939. The van der Waals surface area contributed by atoms with E-state index in [1.165, 1.54) is 11.8 Å². The molecule has 0 aliphatic carbocycles. The number of ether oxygens (including phenoxy) is 1. The number of nitrogens with zero attached hydrogens (tertiary/aromatic N) is 2. The van der Waals surface area contributed by atoms with E-state index in [1.54, 1.807) is 43.6 Å². The minimum absolute atomic E-state index is 0.268.